The molecule has 0 spiro atoms. The van der Waals surface area contributed by atoms with Gasteiger partial charge in [-0.25, -0.2) is 8.78 Å². The summed E-state index contributed by atoms with van der Waals surface area (Å²) in [6, 6.07) is 0. The minimum Gasteiger partial charge on any atom is -0.388 e. The summed E-state index contributed by atoms with van der Waals surface area (Å²) in [6.07, 6.45) is -0.874. The van der Waals surface area contributed by atoms with Crippen molar-refractivity contribution in [3.63, 3.8) is 0 Å². The molecule has 1 heterocycles. The van der Waals surface area contributed by atoms with E-state index in [1.165, 1.54) is 4.68 Å². The molecule has 0 aliphatic heterocycles. The van der Waals surface area contributed by atoms with Crippen LogP contribution in [0.15, 0.2) is 6.20 Å². The highest BCUT2D eigenvalue weighted by molar-refractivity contribution is 5.95. The van der Waals surface area contributed by atoms with Crippen molar-refractivity contribution in [3.8, 4) is 0 Å². The van der Waals surface area contributed by atoms with Gasteiger partial charge in [0.1, 0.15) is 5.69 Å². The van der Waals surface area contributed by atoms with E-state index in [2.05, 4.69) is 10.4 Å². The zero-order valence-corrected chi connectivity index (χ0v) is 14.4. The smallest absolute Gasteiger partial charge is 0.280 e. The number of amides is 1. The summed E-state index contributed by atoms with van der Waals surface area (Å²) in [6.45, 7) is 9.53. The van der Waals surface area contributed by atoms with Gasteiger partial charge in [-0.1, -0.05) is 34.1 Å². The van der Waals surface area contributed by atoms with E-state index < -0.39 is 17.9 Å². The summed E-state index contributed by atoms with van der Waals surface area (Å²) in [4.78, 5) is 12.2. The highest BCUT2D eigenvalue weighted by Gasteiger charge is 2.30. The van der Waals surface area contributed by atoms with Crippen LogP contribution in [-0.4, -0.2) is 32.9 Å². The first-order valence-electron chi connectivity index (χ1n) is 7.94. The van der Waals surface area contributed by atoms with Gasteiger partial charge in [-0.15, -0.1) is 0 Å². The average molecular weight is 331 g/mol. The van der Waals surface area contributed by atoms with Crippen molar-refractivity contribution in [2.75, 3.05) is 6.54 Å². The second kappa shape index (κ2) is 7.86. The Hall–Kier alpha value is -1.50. The molecule has 0 aliphatic carbocycles. The lowest BCUT2D eigenvalue weighted by Gasteiger charge is -2.29. The molecule has 2 N–H and O–H groups in total. The molecule has 0 saturated heterocycles. The van der Waals surface area contributed by atoms with Crippen molar-refractivity contribution in [2.24, 2.45) is 11.8 Å². The molecule has 0 fully saturated rings. The molecular formula is C16H27F2N3O2. The van der Waals surface area contributed by atoms with Crippen LogP contribution < -0.4 is 5.32 Å². The zero-order chi connectivity index (χ0) is 17.8. The predicted molar refractivity (Wildman–Crippen MR) is 84.4 cm³/mol. The molecule has 2 unspecified atom stereocenters. The molecule has 1 aromatic rings. The van der Waals surface area contributed by atoms with Gasteiger partial charge in [0.25, 0.3) is 12.3 Å². The first-order chi connectivity index (χ1) is 10.6. The Morgan fingerprint density at radius 1 is 1.43 bits per heavy atom. The van der Waals surface area contributed by atoms with Gasteiger partial charge in [-0.3, -0.25) is 9.48 Å². The largest absolute Gasteiger partial charge is 0.388 e. The third-order valence-electron chi connectivity index (χ3n) is 4.15. The number of rotatable bonds is 8. The van der Waals surface area contributed by atoms with Crippen LogP contribution in [0, 0.1) is 11.8 Å². The maximum absolute atomic E-state index is 13.3. The lowest BCUT2D eigenvalue weighted by Crippen LogP contribution is -2.45. The van der Waals surface area contributed by atoms with Gasteiger partial charge < -0.3 is 10.4 Å². The average Bonchev–Trinajstić information content (AvgIpc) is 2.86. The molecule has 1 rings (SSSR count). The molecular weight excluding hydrogens is 304 g/mol. The van der Waals surface area contributed by atoms with Gasteiger partial charge in [0.15, 0.2) is 0 Å². The molecule has 1 aromatic heterocycles. The van der Waals surface area contributed by atoms with E-state index in [-0.39, 0.29) is 29.6 Å². The molecule has 0 bridgehead atoms. The summed E-state index contributed by atoms with van der Waals surface area (Å²) in [7, 11) is 0. The van der Waals surface area contributed by atoms with Crippen LogP contribution >= 0.6 is 0 Å². The number of aliphatic hydroxyl groups is 1. The number of alkyl halides is 2. The van der Waals surface area contributed by atoms with Gasteiger partial charge in [-0.2, -0.15) is 5.10 Å². The van der Waals surface area contributed by atoms with Crippen molar-refractivity contribution < 1.29 is 18.7 Å². The molecule has 5 nitrogen and oxygen atoms in total. The van der Waals surface area contributed by atoms with Crippen LogP contribution in [-0.2, 0) is 6.54 Å². The van der Waals surface area contributed by atoms with Crippen LogP contribution in [0.1, 0.15) is 63.5 Å². The number of hydrogen-bond donors (Lipinski definition) is 2. The predicted octanol–water partition coefficient (Wildman–Crippen LogP) is 3.00. The van der Waals surface area contributed by atoms with Crippen LogP contribution in [0.4, 0.5) is 8.78 Å². The Balaban J connectivity index is 2.90. The fourth-order valence-corrected chi connectivity index (χ4v) is 2.26. The minimum absolute atomic E-state index is 0.00111. The second-order valence-electron chi connectivity index (χ2n) is 6.67. The normalized spacial score (nSPS) is 15.7. The van der Waals surface area contributed by atoms with E-state index in [1.54, 1.807) is 6.92 Å². The van der Waals surface area contributed by atoms with E-state index in [0.717, 1.165) is 12.6 Å². The topological polar surface area (TPSA) is 67.2 Å². The number of nitrogens with one attached hydrogen (secondary N) is 1. The maximum atomic E-state index is 13.3. The highest BCUT2D eigenvalue weighted by atomic mass is 19.3. The maximum Gasteiger partial charge on any atom is 0.280 e. The van der Waals surface area contributed by atoms with Crippen molar-refractivity contribution >= 4 is 5.91 Å². The molecule has 0 radical (unpaired) electrons. The van der Waals surface area contributed by atoms with Crippen molar-refractivity contribution in [3.05, 3.63) is 17.5 Å². The molecule has 23 heavy (non-hydrogen) atoms. The summed E-state index contributed by atoms with van der Waals surface area (Å²) in [5.41, 5.74) is -1.61. The van der Waals surface area contributed by atoms with Crippen molar-refractivity contribution in [1.82, 2.24) is 15.1 Å². The van der Waals surface area contributed by atoms with Gasteiger partial charge in [0.2, 0.25) is 0 Å². The summed E-state index contributed by atoms with van der Waals surface area (Å²) < 4.78 is 27.8. The van der Waals surface area contributed by atoms with Crippen LogP contribution in [0.25, 0.3) is 0 Å². The molecule has 0 aliphatic rings. The molecule has 0 saturated carbocycles. The number of halogens is 2. The number of nitrogens with zero attached hydrogens (tertiary/aromatic N) is 2. The third-order valence-corrected chi connectivity index (χ3v) is 4.15. The molecule has 132 valence electrons. The minimum atomic E-state index is -2.79. The molecule has 0 aromatic carbocycles. The molecule has 7 heteroatoms. The Kier molecular flexibility index (Phi) is 6.68. The van der Waals surface area contributed by atoms with E-state index in [1.807, 2.05) is 27.7 Å². The quantitative estimate of drug-likeness (QED) is 0.769. The number of hydrogen-bond acceptors (Lipinski definition) is 3. The van der Waals surface area contributed by atoms with Gasteiger partial charge in [0, 0.05) is 13.1 Å². The zero-order valence-electron chi connectivity index (χ0n) is 14.4. The number of carbonyl (C=O) groups is 1. The Labute approximate surface area is 136 Å². The van der Waals surface area contributed by atoms with Crippen molar-refractivity contribution in [2.45, 2.75) is 59.6 Å². The van der Waals surface area contributed by atoms with Crippen LogP contribution in [0.2, 0.25) is 0 Å². The highest BCUT2D eigenvalue weighted by Crippen LogP contribution is 2.24. The lowest BCUT2D eigenvalue weighted by molar-refractivity contribution is 0.00588. The van der Waals surface area contributed by atoms with E-state index >= 15 is 0 Å². The van der Waals surface area contributed by atoms with Crippen LogP contribution in [0.5, 0.6) is 0 Å². The van der Waals surface area contributed by atoms with Crippen LogP contribution in [0.3, 0.4) is 0 Å². The summed E-state index contributed by atoms with van der Waals surface area (Å²) in [5.74, 6) is -0.533. The Morgan fingerprint density at radius 3 is 2.52 bits per heavy atom. The molecule has 2 atom stereocenters. The first kappa shape index (κ1) is 19.5. The summed E-state index contributed by atoms with van der Waals surface area (Å²) in [5, 5.41) is 16.7. The van der Waals surface area contributed by atoms with Gasteiger partial charge in [-0.05, 0) is 18.8 Å². The second-order valence-corrected chi connectivity index (χ2v) is 6.67. The standard InChI is InChI=1S/C16H27F2N3O2/c1-6-11(4)16(5,23)9-19-15(22)12-7-20-21(8-10(2)3)13(12)14(17)18/h7,10-11,14,23H,6,8-9H2,1-5H3,(H,19,22). The fourth-order valence-electron chi connectivity index (χ4n) is 2.26. The van der Waals surface area contributed by atoms with E-state index in [9.17, 15) is 18.7 Å². The van der Waals surface area contributed by atoms with Gasteiger partial charge >= 0.3 is 0 Å². The Morgan fingerprint density at radius 2 is 2.04 bits per heavy atom. The van der Waals surface area contributed by atoms with Crippen molar-refractivity contribution in [1.29, 1.82) is 0 Å². The van der Waals surface area contributed by atoms with E-state index in [0.29, 0.717) is 6.54 Å². The summed E-state index contributed by atoms with van der Waals surface area (Å²) >= 11 is 0. The lowest BCUT2D eigenvalue weighted by atomic mass is 9.88. The first-order valence-corrected chi connectivity index (χ1v) is 7.94. The number of carbonyl (C=O) groups excluding carboxylic acids is 1. The van der Waals surface area contributed by atoms with Gasteiger partial charge in [0.05, 0.1) is 17.4 Å². The fraction of sp³-hybridized carbons (Fsp3) is 0.750. The monoisotopic (exact) mass is 331 g/mol. The SMILES string of the molecule is CCC(C)C(C)(O)CNC(=O)c1cnn(CC(C)C)c1C(F)F. The number of aromatic nitrogens is 2. The third kappa shape index (κ3) is 4.99. The van der Waals surface area contributed by atoms with E-state index in [4.69, 9.17) is 0 Å². The molecule has 1 amide bonds. The Bertz CT molecular complexity index is 527.